The zero-order chi connectivity index (χ0) is 17.0. The summed E-state index contributed by atoms with van der Waals surface area (Å²) < 4.78 is 6.14. The van der Waals surface area contributed by atoms with Crippen LogP contribution in [0.5, 0.6) is 0 Å². The molecule has 3 nitrogen and oxygen atoms in total. The third-order valence-corrected chi connectivity index (χ3v) is 7.07. The van der Waals surface area contributed by atoms with Crippen LogP contribution in [0.4, 0.5) is 0 Å². The summed E-state index contributed by atoms with van der Waals surface area (Å²) in [5.74, 6) is 2.63. The van der Waals surface area contributed by atoms with Crippen molar-refractivity contribution >= 4 is 11.8 Å². The molecule has 5 saturated carbocycles. The van der Waals surface area contributed by atoms with Crippen molar-refractivity contribution in [2.75, 3.05) is 0 Å². The number of Topliss-reactive ketones (excluding diaryl/α,β-unsaturated/α-hetero) is 1. The van der Waals surface area contributed by atoms with Crippen LogP contribution in [-0.4, -0.2) is 17.4 Å². The third-order valence-electron chi connectivity index (χ3n) is 7.07. The molecule has 0 saturated heterocycles. The molecule has 1 aromatic rings. The van der Waals surface area contributed by atoms with E-state index in [1.54, 1.807) is 0 Å². The molecule has 25 heavy (non-hydrogen) atoms. The molecule has 0 amide bonds. The van der Waals surface area contributed by atoms with Gasteiger partial charge in [-0.05, 0) is 68.6 Å². The van der Waals surface area contributed by atoms with Crippen LogP contribution >= 0.6 is 0 Å². The van der Waals surface area contributed by atoms with Crippen molar-refractivity contribution in [3.63, 3.8) is 0 Å². The first-order chi connectivity index (χ1) is 12.1. The first kappa shape index (κ1) is 15.6. The van der Waals surface area contributed by atoms with Gasteiger partial charge in [0.15, 0.2) is 5.78 Å². The minimum atomic E-state index is -0.150. The molecular formula is C22H26O3. The summed E-state index contributed by atoms with van der Waals surface area (Å²) in [6.45, 7) is 0. The second kappa shape index (κ2) is 5.69. The highest BCUT2D eigenvalue weighted by Crippen LogP contribution is 2.58. The van der Waals surface area contributed by atoms with E-state index in [0.717, 1.165) is 49.0 Å². The first-order valence-electron chi connectivity index (χ1n) is 9.91. The molecule has 1 aromatic carbocycles. The lowest BCUT2D eigenvalue weighted by atomic mass is 9.54. The highest BCUT2D eigenvalue weighted by Gasteiger charge is 2.55. The van der Waals surface area contributed by atoms with E-state index < -0.39 is 0 Å². The van der Waals surface area contributed by atoms with Crippen molar-refractivity contribution in [3.05, 3.63) is 35.9 Å². The average molecular weight is 338 g/mol. The van der Waals surface area contributed by atoms with Crippen molar-refractivity contribution in [2.24, 2.45) is 29.6 Å². The molecule has 5 aliphatic rings. The minimum Gasteiger partial charge on any atom is -0.459 e. The molecule has 0 aromatic heterocycles. The summed E-state index contributed by atoms with van der Waals surface area (Å²) >= 11 is 0. The van der Waals surface area contributed by atoms with E-state index in [9.17, 15) is 9.59 Å². The molecule has 2 atom stereocenters. The van der Waals surface area contributed by atoms with E-state index in [1.165, 1.54) is 19.3 Å². The molecular weight excluding hydrogens is 312 g/mol. The Morgan fingerprint density at radius 3 is 2.12 bits per heavy atom. The van der Waals surface area contributed by atoms with Crippen LogP contribution in [0.1, 0.15) is 61.7 Å². The number of rotatable bonds is 5. The summed E-state index contributed by atoms with van der Waals surface area (Å²) in [7, 11) is 0. The Labute approximate surface area is 149 Å². The van der Waals surface area contributed by atoms with Gasteiger partial charge in [0, 0.05) is 12.0 Å². The van der Waals surface area contributed by atoms with Gasteiger partial charge < -0.3 is 4.74 Å². The molecule has 5 aliphatic carbocycles. The molecule has 132 valence electrons. The fourth-order valence-corrected chi connectivity index (χ4v) is 6.19. The maximum Gasteiger partial charge on any atom is 0.309 e. The lowest BCUT2D eigenvalue weighted by Crippen LogP contribution is -2.53. The van der Waals surface area contributed by atoms with E-state index in [0.29, 0.717) is 6.42 Å². The normalized spacial score (nSPS) is 40.7. The smallest absolute Gasteiger partial charge is 0.309 e. The number of benzene rings is 1. The Balaban J connectivity index is 1.19. The van der Waals surface area contributed by atoms with Gasteiger partial charge in [0.05, 0.1) is 5.92 Å². The van der Waals surface area contributed by atoms with E-state index >= 15 is 0 Å². The highest BCUT2D eigenvalue weighted by molar-refractivity contribution is 5.96. The topological polar surface area (TPSA) is 43.4 Å². The minimum absolute atomic E-state index is 0.0205. The SMILES string of the molecule is O=C(C[C@H]1C[C@H]1C(=O)OC12CC3CC(CC(C3)C1)C2)c1ccccc1. The summed E-state index contributed by atoms with van der Waals surface area (Å²) in [4.78, 5) is 25.0. The number of esters is 1. The van der Waals surface area contributed by atoms with Gasteiger partial charge in [0.1, 0.15) is 5.60 Å². The predicted molar refractivity (Wildman–Crippen MR) is 94.0 cm³/mol. The lowest BCUT2D eigenvalue weighted by molar-refractivity contribution is -0.188. The molecule has 3 heteroatoms. The van der Waals surface area contributed by atoms with Crippen LogP contribution in [0.2, 0.25) is 0 Å². The van der Waals surface area contributed by atoms with Crippen molar-refractivity contribution < 1.29 is 14.3 Å². The molecule has 0 unspecified atom stereocenters. The molecule has 5 fully saturated rings. The Morgan fingerprint density at radius 1 is 0.920 bits per heavy atom. The van der Waals surface area contributed by atoms with Crippen LogP contribution in [0.25, 0.3) is 0 Å². The van der Waals surface area contributed by atoms with Gasteiger partial charge in [-0.15, -0.1) is 0 Å². The molecule has 0 aliphatic heterocycles. The van der Waals surface area contributed by atoms with Crippen LogP contribution in [-0.2, 0) is 9.53 Å². The number of ketones is 1. The first-order valence-corrected chi connectivity index (χ1v) is 9.91. The average Bonchev–Trinajstić information content (AvgIpc) is 3.33. The van der Waals surface area contributed by atoms with Crippen LogP contribution in [0, 0.1) is 29.6 Å². The Hall–Kier alpha value is -1.64. The number of hydrogen-bond donors (Lipinski definition) is 0. The summed E-state index contributed by atoms with van der Waals surface area (Å²) in [6.07, 6.45) is 8.63. The van der Waals surface area contributed by atoms with Crippen LogP contribution in [0.15, 0.2) is 30.3 Å². The van der Waals surface area contributed by atoms with Gasteiger partial charge >= 0.3 is 5.97 Å². The van der Waals surface area contributed by atoms with E-state index in [4.69, 9.17) is 4.74 Å². The zero-order valence-corrected chi connectivity index (χ0v) is 14.7. The van der Waals surface area contributed by atoms with Crippen molar-refractivity contribution in [2.45, 2.75) is 57.0 Å². The van der Waals surface area contributed by atoms with Crippen molar-refractivity contribution in [1.29, 1.82) is 0 Å². The van der Waals surface area contributed by atoms with Gasteiger partial charge in [0.25, 0.3) is 0 Å². The van der Waals surface area contributed by atoms with Gasteiger partial charge in [-0.2, -0.15) is 0 Å². The summed E-state index contributed by atoms with van der Waals surface area (Å²) in [5, 5.41) is 0. The molecule has 4 bridgehead atoms. The van der Waals surface area contributed by atoms with Crippen LogP contribution in [0.3, 0.4) is 0 Å². The second-order valence-electron chi connectivity index (χ2n) is 9.12. The fourth-order valence-electron chi connectivity index (χ4n) is 6.19. The zero-order valence-electron chi connectivity index (χ0n) is 14.7. The number of carbonyl (C=O) groups is 2. The maximum atomic E-state index is 12.7. The molecule has 0 heterocycles. The third kappa shape index (κ3) is 2.92. The monoisotopic (exact) mass is 338 g/mol. The van der Waals surface area contributed by atoms with Crippen LogP contribution < -0.4 is 0 Å². The standard InChI is InChI=1S/C22H26O3/c23-20(17-4-2-1-3-5-17)10-18-9-19(18)21(24)25-22-11-14-6-15(12-22)8-16(7-14)13-22/h1-5,14-16,18-19H,6-13H2/t14?,15?,16?,18-,19-,22?/m1/s1. The predicted octanol–water partition coefficient (Wildman–Crippen LogP) is 4.41. The molecule has 0 N–H and O–H groups in total. The quantitative estimate of drug-likeness (QED) is 0.590. The van der Waals surface area contributed by atoms with Gasteiger partial charge in [-0.25, -0.2) is 0 Å². The highest BCUT2D eigenvalue weighted by atomic mass is 16.6. The van der Waals surface area contributed by atoms with Gasteiger partial charge in [-0.1, -0.05) is 30.3 Å². The summed E-state index contributed by atoms with van der Waals surface area (Å²) in [5.41, 5.74) is 0.602. The van der Waals surface area contributed by atoms with E-state index in [-0.39, 0.29) is 29.2 Å². The number of hydrogen-bond acceptors (Lipinski definition) is 3. The van der Waals surface area contributed by atoms with Crippen molar-refractivity contribution in [1.82, 2.24) is 0 Å². The Bertz CT molecular complexity index is 657. The number of ether oxygens (including phenoxy) is 1. The Kier molecular flexibility index (Phi) is 3.55. The van der Waals surface area contributed by atoms with Gasteiger partial charge in [-0.3, -0.25) is 9.59 Å². The van der Waals surface area contributed by atoms with Gasteiger partial charge in [0.2, 0.25) is 0 Å². The second-order valence-corrected chi connectivity index (χ2v) is 9.12. The molecule has 0 spiro atoms. The maximum absolute atomic E-state index is 12.7. The van der Waals surface area contributed by atoms with E-state index in [2.05, 4.69) is 0 Å². The molecule has 6 rings (SSSR count). The Morgan fingerprint density at radius 2 is 1.52 bits per heavy atom. The molecule has 0 radical (unpaired) electrons. The van der Waals surface area contributed by atoms with Crippen molar-refractivity contribution in [3.8, 4) is 0 Å². The van der Waals surface area contributed by atoms with E-state index in [1.807, 2.05) is 30.3 Å². The fraction of sp³-hybridized carbons (Fsp3) is 0.636. The summed E-state index contributed by atoms with van der Waals surface area (Å²) in [6, 6.07) is 9.40. The lowest BCUT2D eigenvalue weighted by Gasteiger charge is -2.55. The number of carbonyl (C=O) groups excluding carboxylic acids is 2. The largest absolute Gasteiger partial charge is 0.459 e.